The van der Waals surface area contributed by atoms with Crippen LogP contribution in [-0.4, -0.2) is 12.8 Å². The lowest BCUT2D eigenvalue weighted by Gasteiger charge is -2.11. The van der Waals surface area contributed by atoms with Crippen molar-refractivity contribution in [3.63, 3.8) is 0 Å². The summed E-state index contributed by atoms with van der Waals surface area (Å²) in [5.74, 6) is 1.31. The lowest BCUT2D eigenvalue weighted by Crippen LogP contribution is -2.05. The fraction of sp³-hybridized carbons (Fsp3) is 0.435. The molecule has 152 valence electrons. The SMILES string of the molecule is CCCCC(CC)CN=Cc1ccc(OCc2ccc(C(F)(F)F)cc2)cc1. The maximum absolute atomic E-state index is 12.6. The van der Waals surface area contributed by atoms with Gasteiger partial charge in [0.2, 0.25) is 0 Å². The lowest BCUT2D eigenvalue weighted by atomic mass is 10.00. The Balaban J connectivity index is 1.83. The molecule has 0 aliphatic rings. The van der Waals surface area contributed by atoms with Gasteiger partial charge in [0, 0.05) is 12.8 Å². The monoisotopic (exact) mass is 391 g/mol. The fourth-order valence-electron chi connectivity index (χ4n) is 2.83. The van der Waals surface area contributed by atoms with Crippen molar-refractivity contribution in [1.29, 1.82) is 0 Å². The quantitative estimate of drug-likeness (QED) is 0.403. The van der Waals surface area contributed by atoms with Crippen LogP contribution in [0.15, 0.2) is 53.5 Å². The number of ether oxygens (including phenoxy) is 1. The highest BCUT2D eigenvalue weighted by atomic mass is 19.4. The van der Waals surface area contributed by atoms with Crippen LogP contribution in [0.4, 0.5) is 13.2 Å². The highest BCUT2D eigenvalue weighted by molar-refractivity contribution is 5.79. The third-order valence-electron chi connectivity index (χ3n) is 4.71. The Labute approximate surface area is 165 Å². The molecule has 0 amide bonds. The second-order valence-electron chi connectivity index (χ2n) is 6.96. The first-order chi connectivity index (χ1) is 13.4. The molecule has 0 saturated heterocycles. The average molecular weight is 391 g/mol. The van der Waals surface area contributed by atoms with E-state index in [-0.39, 0.29) is 6.61 Å². The van der Waals surface area contributed by atoms with Crippen LogP contribution in [0.25, 0.3) is 0 Å². The maximum Gasteiger partial charge on any atom is 0.416 e. The molecule has 0 aliphatic heterocycles. The summed E-state index contributed by atoms with van der Waals surface area (Å²) in [6.07, 6.45) is 2.40. The highest BCUT2D eigenvalue weighted by Gasteiger charge is 2.29. The molecular weight excluding hydrogens is 363 g/mol. The van der Waals surface area contributed by atoms with Crippen molar-refractivity contribution in [2.24, 2.45) is 10.9 Å². The molecule has 0 radical (unpaired) electrons. The van der Waals surface area contributed by atoms with Gasteiger partial charge < -0.3 is 4.74 Å². The number of halogens is 3. The van der Waals surface area contributed by atoms with Gasteiger partial charge in [-0.25, -0.2) is 0 Å². The molecule has 0 aliphatic carbocycles. The molecule has 0 aromatic heterocycles. The number of nitrogens with zero attached hydrogens (tertiary/aromatic N) is 1. The van der Waals surface area contributed by atoms with Crippen molar-refractivity contribution in [2.45, 2.75) is 52.3 Å². The molecule has 0 bridgehead atoms. The van der Waals surface area contributed by atoms with Crippen LogP contribution < -0.4 is 4.74 Å². The molecule has 0 heterocycles. The van der Waals surface area contributed by atoms with E-state index < -0.39 is 11.7 Å². The Morgan fingerprint density at radius 3 is 2.25 bits per heavy atom. The molecule has 0 saturated carbocycles. The summed E-state index contributed by atoms with van der Waals surface area (Å²) in [5.41, 5.74) is 1.04. The largest absolute Gasteiger partial charge is 0.489 e. The van der Waals surface area contributed by atoms with Gasteiger partial charge in [-0.3, -0.25) is 4.99 Å². The predicted octanol–water partition coefficient (Wildman–Crippen LogP) is 6.92. The van der Waals surface area contributed by atoms with Gasteiger partial charge in [-0.2, -0.15) is 13.2 Å². The number of hydrogen-bond acceptors (Lipinski definition) is 2. The average Bonchev–Trinajstić information content (AvgIpc) is 2.69. The number of benzene rings is 2. The van der Waals surface area contributed by atoms with E-state index in [0.29, 0.717) is 17.2 Å². The predicted molar refractivity (Wildman–Crippen MR) is 108 cm³/mol. The van der Waals surface area contributed by atoms with Gasteiger partial charge in [0.25, 0.3) is 0 Å². The summed E-state index contributed by atoms with van der Waals surface area (Å²) in [6.45, 7) is 5.49. The molecule has 2 aromatic carbocycles. The maximum atomic E-state index is 12.6. The lowest BCUT2D eigenvalue weighted by molar-refractivity contribution is -0.137. The molecule has 28 heavy (non-hydrogen) atoms. The van der Waals surface area contributed by atoms with Gasteiger partial charge in [0.15, 0.2) is 0 Å². The van der Waals surface area contributed by atoms with Crippen molar-refractivity contribution < 1.29 is 17.9 Å². The van der Waals surface area contributed by atoms with E-state index in [1.54, 1.807) is 0 Å². The van der Waals surface area contributed by atoms with Gasteiger partial charge in [-0.05, 0) is 59.9 Å². The summed E-state index contributed by atoms with van der Waals surface area (Å²) in [6, 6.07) is 12.6. The van der Waals surface area contributed by atoms with E-state index in [4.69, 9.17) is 4.74 Å². The van der Waals surface area contributed by atoms with Crippen LogP contribution >= 0.6 is 0 Å². The van der Waals surface area contributed by atoms with Crippen LogP contribution in [0, 0.1) is 5.92 Å². The Hall–Kier alpha value is -2.30. The summed E-state index contributed by atoms with van der Waals surface area (Å²) < 4.78 is 43.4. The first kappa shape index (κ1) is 22.0. The van der Waals surface area contributed by atoms with Crippen LogP contribution in [-0.2, 0) is 12.8 Å². The first-order valence-corrected chi connectivity index (χ1v) is 9.81. The molecule has 5 heteroatoms. The molecule has 0 spiro atoms. The zero-order valence-electron chi connectivity index (χ0n) is 16.5. The number of hydrogen-bond donors (Lipinski definition) is 0. The second kappa shape index (κ2) is 10.9. The third-order valence-corrected chi connectivity index (χ3v) is 4.71. The van der Waals surface area contributed by atoms with Gasteiger partial charge in [-0.15, -0.1) is 0 Å². The zero-order chi connectivity index (χ0) is 20.4. The van der Waals surface area contributed by atoms with Gasteiger partial charge in [-0.1, -0.05) is 45.2 Å². The summed E-state index contributed by atoms with van der Waals surface area (Å²) in [4.78, 5) is 4.56. The smallest absolute Gasteiger partial charge is 0.416 e. The molecule has 1 unspecified atom stereocenters. The van der Waals surface area contributed by atoms with E-state index in [9.17, 15) is 13.2 Å². The Kier molecular flexibility index (Phi) is 8.55. The van der Waals surface area contributed by atoms with Crippen molar-refractivity contribution in [3.05, 3.63) is 65.2 Å². The number of rotatable bonds is 10. The fourth-order valence-corrected chi connectivity index (χ4v) is 2.83. The van der Waals surface area contributed by atoms with Crippen LogP contribution in [0.3, 0.4) is 0 Å². The number of aliphatic imine (C=N–C) groups is 1. The topological polar surface area (TPSA) is 21.6 Å². The Morgan fingerprint density at radius 2 is 1.68 bits per heavy atom. The molecule has 2 nitrogen and oxygen atoms in total. The summed E-state index contributed by atoms with van der Waals surface area (Å²) in [5, 5.41) is 0. The minimum atomic E-state index is -4.32. The second-order valence-corrected chi connectivity index (χ2v) is 6.96. The first-order valence-electron chi connectivity index (χ1n) is 9.81. The van der Waals surface area contributed by atoms with E-state index in [1.807, 2.05) is 30.5 Å². The highest BCUT2D eigenvalue weighted by Crippen LogP contribution is 2.29. The summed E-state index contributed by atoms with van der Waals surface area (Å²) >= 11 is 0. The summed E-state index contributed by atoms with van der Waals surface area (Å²) in [7, 11) is 0. The van der Waals surface area contributed by atoms with Crippen molar-refractivity contribution in [1.82, 2.24) is 0 Å². The normalized spacial score (nSPS) is 13.0. The number of alkyl halides is 3. The molecule has 2 rings (SSSR count). The van der Waals surface area contributed by atoms with E-state index in [2.05, 4.69) is 18.8 Å². The molecular formula is C23H28F3NO. The van der Waals surface area contributed by atoms with Crippen LogP contribution in [0.1, 0.15) is 56.2 Å². The molecule has 0 fully saturated rings. The minimum absolute atomic E-state index is 0.223. The van der Waals surface area contributed by atoms with Crippen LogP contribution in [0.5, 0.6) is 5.75 Å². The van der Waals surface area contributed by atoms with Gasteiger partial charge >= 0.3 is 6.18 Å². The Morgan fingerprint density at radius 1 is 1.00 bits per heavy atom. The van der Waals surface area contributed by atoms with Gasteiger partial charge in [0.1, 0.15) is 12.4 Å². The third kappa shape index (κ3) is 7.37. The Bertz CT molecular complexity index is 721. The van der Waals surface area contributed by atoms with E-state index in [1.165, 1.54) is 31.4 Å². The van der Waals surface area contributed by atoms with Crippen LogP contribution in [0.2, 0.25) is 0 Å². The molecule has 1 atom stereocenters. The van der Waals surface area contributed by atoms with Crippen molar-refractivity contribution in [2.75, 3.05) is 6.54 Å². The van der Waals surface area contributed by atoms with E-state index in [0.717, 1.165) is 30.7 Å². The molecule has 2 aromatic rings. The van der Waals surface area contributed by atoms with Crippen molar-refractivity contribution in [3.8, 4) is 5.75 Å². The molecule has 0 N–H and O–H groups in total. The van der Waals surface area contributed by atoms with E-state index >= 15 is 0 Å². The minimum Gasteiger partial charge on any atom is -0.489 e. The van der Waals surface area contributed by atoms with Crippen molar-refractivity contribution >= 4 is 6.21 Å². The van der Waals surface area contributed by atoms with Gasteiger partial charge in [0.05, 0.1) is 5.56 Å². The number of unbranched alkanes of at least 4 members (excludes halogenated alkanes) is 1. The zero-order valence-corrected chi connectivity index (χ0v) is 16.5. The standard InChI is InChI=1S/C23H28F3NO/c1-3-5-6-18(4-2)15-27-16-19-9-13-22(14-10-19)28-17-20-7-11-21(12-8-20)23(24,25)26/h7-14,16,18H,3-6,15,17H2,1-2H3.